The molecule has 234 valence electrons. The van der Waals surface area contributed by atoms with Crippen LogP contribution in [0, 0.1) is 0 Å². The minimum Gasteiger partial charge on any atom is -0.294 e. The highest BCUT2D eigenvalue weighted by molar-refractivity contribution is 7.25. The maximum atomic E-state index is 4.98. The Kier molecular flexibility index (Phi) is 6.60. The average Bonchev–Trinajstić information content (AvgIpc) is 3.73. The van der Waals surface area contributed by atoms with E-state index in [-0.39, 0.29) is 0 Å². The molecule has 6 heteroatoms. The Balaban J connectivity index is 1.15. The number of thiophene rings is 1. The third-order valence-corrected chi connectivity index (χ3v) is 10.5. The van der Waals surface area contributed by atoms with Crippen molar-refractivity contribution in [2.45, 2.75) is 0 Å². The van der Waals surface area contributed by atoms with Gasteiger partial charge in [0, 0.05) is 53.8 Å². The fraction of sp³-hybridized carbons (Fsp3) is 0. The number of rotatable bonds is 5. The van der Waals surface area contributed by atoms with E-state index in [0.717, 1.165) is 39.1 Å². The van der Waals surface area contributed by atoms with E-state index < -0.39 is 0 Å². The van der Waals surface area contributed by atoms with Crippen LogP contribution in [-0.2, 0) is 0 Å². The van der Waals surface area contributed by atoms with Crippen LogP contribution < -0.4 is 0 Å². The van der Waals surface area contributed by atoms with Crippen molar-refractivity contribution in [3.8, 4) is 51.1 Å². The number of benzene rings is 6. The standard InChI is InChI=1S/C44H27N5S/c1-3-11-28(12-4-1)42-46-43(29-13-5-2-6-14-29)48-44(47-42)32-23-24-45-41(27-32)49-37-17-9-7-15-33(37)34-21-19-31(26-38(34)49)30-20-22-40-36(25-30)35-16-8-10-18-39(35)50-40/h1-27H. The van der Waals surface area contributed by atoms with Crippen LogP contribution in [0.4, 0.5) is 0 Å². The van der Waals surface area contributed by atoms with Gasteiger partial charge in [0.15, 0.2) is 17.5 Å². The number of para-hydroxylation sites is 1. The molecule has 0 amide bonds. The van der Waals surface area contributed by atoms with E-state index in [1.54, 1.807) is 0 Å². The van der Waals surface area contributed by atoms with Crippen LogP contribution >= 0.6 is 11.3 Å². The molecule has 0 unspecified atom stereocenters. The zero-order valence-corrected chi connectivity index (χ0v) is 27.5. The second-order valence-electron chi connectivity index (χ2n) is 12.3. The van der Waals surface area contributed by atoms with Crippen LogP contribution in [0.25, 0.3) is 93.1 Å². The highest BCUT2D eigenvalue weighted by Crippen LogP contribution is 2.39. The summed E-state index contributed by atoms with van der Waals surface area (Å²) in [5.74, 6) is 2.65. The van der Waals surface area contributed by atoms with E-state index in [1.807, 2.05) is 84.3 Å². The average molecular weight is 658 g/mol. The molecule has 10 rings (SSSR count). The zero-order chi connectivity index (χ0) is 33.0. The summed E-state index contributed by atoms with van der Waals surface area (Å²) >= 11 is 1.84. The van der Waals surface area contributed by atoms with Crippen molar-refractivity contribution in [3.63, 3.8) is 0 Å². The van der Waals surface area contributed by atoms with Gasteiger partial charge < -0.3 is 0 Å². The van der Waals surface area contributed by atoms with E-state index in [1.165, 1.54) is 36.5 Å². The SMILES string of the molecule is c1ccc(-c2nc(-c3ccccc3)nc(-c3ccnc(-n4c5ccccc5c5ccc(-c6ccc7sc8ccccc8c7c6)cc54)c3)n2)cc1. The van der Waals surface area contributed by atoms with Crippen LogP contribution in [-0.4, -0.2) is 24.5 Å². The molecule has 0 spiro atoms. The summed E-state index contributed by atoms with van der Waals surface area (Å²) in [5.41, 5.74) is 7.27. The molecular formula is C44H27N5S. The molecule has 0 fully saturated rings. The highest BCUT2D eigenvalue weighted by atomic mass is 32.1. The monoisotopic (exact) mass is 657 g/mol. The Bertz CT molecular complexity index is 2820. The molecule has 6 aromatic carbocycles. The molecule has 4 heterocycles. The minimum atomic E-state index is 0.596. The van der Waals surface area contributed by atoms with E-state index in [4.69, 9.17) is 19.9 Å². The molecule has 50 heavy (non-hydrogen) atoms. The molecule has 10 aromatic rings. The van der Waals surface area contributed by atoms with Gasteiger partial charge >= 0.3 is 0 Å². The molecule has 0 aliphatic heterocycles. The summed E-state index contributed by atoms with van der Waals surface area (Å²) in [6.45, 7) is 0. The zero-order valence-electron chi connectivity index (χ0n) is 26.7. The number of hydrogen-bond donors (Lipinski definition) is 0. The van der Waals surface area contributed by atoms with Gasteiger partial charge in [-0.15, -0.1) is 11.3 Å². The molecule has 0 saturated heterocycles. The van der Waals surface area contributed by atoms with Crippen molar-refractivity contribution in [1.29, 1.82) is 0 Å². The molecule has 0 aliphatic rings. The number of hydrogen-bond acceptors (Lipinski definition) is 5. The van der Waals surface area contributed by atoms with Crippen LogP contribution in [0.1, 0.15) is 0 Å². The largest absolute Gasteiger partial charge is 0.294 e. The van der Waals surface area contributed by atoms with Crippen LogP contribution in [0.3, 0.4) is 0 Å². The molecule has 0 N–H and O–H groups in total. The number of nitrogens with zero attached hydrogens (tertiary/aromatic N) is 5. The van der Waals surface area contributed by atoms with Crippen molar-refractivity contribution in [3.05, 3.63) is 164 Å². The summed E-state index contributed by atoms with van der Waals surface area (Å²) in [5, 5.41) is 4.95. The second kappa shape index (κ2) is 11.6. The van der Waals surface area contributed by atoms with E-state index in [2.05, 4.69) is 95.6 Å². The highest BCUT2D eigenvalue weighted by Gasteiger charge is 2.17. The summed E-state index contributed by atoms with van der Waals surface area (Å²) in [7, 11) is 0. The number of aromatic nitrogens is 5. The van der Waals surface area contributed by atoms with Gasteiger partial charge in [0.1, 0.15) is 5.82 Å². The number of fused-ring (bicyclic) bond motifs is 6. The first kappa shape index (κ1) is 28.5. The van der Waals surface area contributed by atoms with Crippen molar-refractivity contribution in [2.24, 2.45) is 0 Å². The molecule has 0 saturated carbocycles. The molecule has 0 atom stereocenters. The Morgan fingerprint density at radius 1 is 0.380 bits per heavy atom. The van der Waals surface area contributed by atoms with Crippen molar-refractivity contribution >= 4 is 53.3 Å². The molecular weight excluding hydrogens is 631 g/mol. The first-order valence-electron chi connectivity index (χ1n) is 16.6. The van der Waals surface area contributed by atoms with Gasteiger partial charge in [0.2, 0.25) is 0 Å². The van der Waals surface area contributed by atoms with E-state index >= 15 is 0 Å². The van der Waals surface area contributed by atoms with Gasteiger partial charge in [0.25, 0.3) is 0 Å². The fourth-order valence-corrected chi connectivity index (χ4v) is 8.01. The van der Waals surface area contributed by atoms with E-state index in [9.17, 15) is 0 Å². The van der Waals surface area contributed by atoms with Crippen LogP contribution in [0.2, 0.25) is 0 Å². The van der Waals surface area contributed by atoms with Gasteiger partial charge in [-0.3, -0.25) is 4.57 Å². The lowest BCUT2D eigenvalue weighted by atomic mass is 10.0. The van der Waals surface area contributed by atoms with Crippen LogP contribution in [0.5, 0.6) is 0 Å². The van der Waals surface area contributed by atoms with Crippen molar-refractivity contribution in [1.82, 2.24) is 24.5 Å². The first-order chi connectivity index (χ1) is 24.8. The van der Waals surface area contributed by atoms with Crippen molar-refractivity contribution < 1.29 is 0 Å². The van der Waals surface area contributed by atoms with Gasteiger partial charge in [-0.05, 0) is 53.6 Å². The van der Waals surface area contributed by atoms with Gasteiger partial charge in [0.05, 0.1) is 11.0 Å². The normalized spacial score (nSPS) is 11.6. The molecule has 0 aliphatic carbocycles. The lowest BCUT2D eigenvalue weighted by Gasteiger charge is -2.11. The Hall–Kier alpha value is -6.50. The first-order valence-corrected chi connectivity index (χ1v) is 17.4. The third kappa shape index (κ3) is 4.77. The summed E-state index contributed by atoms with van der Waals surface area (Å²) in [4.78, 5) is 19.8. The maximum absolute atomic E-state index is 4.98. The summed E-state index contributed by atoms with van der Waals surface area (Å²) in [6, 6.07) is 55.0. The second-order valence-corrected chi connectivity index (χ2v) is 13.4. The van der Waals surface area contributed by atoms with Gasteiger partial charge in [-0.2, -0.15) is 0 Å². The predicted molar refractivity (Wildman–Crippen MR) is 207 cm³/mol. The van der Waals surface area contributed by atoms with Crippen molar-refractivity contribution in [2.75, 3.05) is 0 Å². The number of pyridine rings is 1. The predicted octanol–water partition coefficient (Wildman–Crippen LogP) is 11.4. The Labute approximate surface area is 291 Å². The molecule has 4 aromatic heterocycles. The van der Waals surface area contributed by atoms with Crippen LogP contribution in [0.15, 0.2) is 164 Å². The molecule has 5 nitrogen and oxygen atoms in total. The van der Waals surface area contributed by atoms with Gasteiger partial charge in [-0.1, -0.05) is 115 Å². The Morgan fingerprint density at radius 2 is 0.960 bits per heavy atom. The fourth-order valence-electron chi connectivity index (χ4n) is 6.92. The summed E-state index contributed by atoms with van der Waals surface area (Å²) < 4.78 is 4.87. The minimum absolute atomic E-state index is 0.596. The quantitative estimate of drug-likeness (QED) is 0.185. The lowest BCUT2D eigenvalue weighted by Crippen LogP contribution is -2.02. The maximum Gasteiger partial charge on any atom is 0.164 e. The lowest BCUT2D eigenvalue weighted by molar-refractivity contribution is 1.05. The molecule has 0 bridgehead atoms. The smallest absolute Gasteiger partial charge is 0.164 e. The molecule has 0 radical (unpaired) electrons. The Morgan fingerprint density at radius 3 is 1.72 bits per heavy atom. The topological polar surface area (TPSA) is 56.5 Å². The third-order valence-electron chi connectivity index (χ3n) is 9.32. The van der Waals surface area contributed by atoms with E-state index in [0.29, 0.717) is 17.5 Å². The summed E-state index contributed by atoms with van der Waals surface area (Å²) in [6.07, 6.45) is 1.85. The van der Waals surface area contributed by atoms with Gasteiger partial charge in [-0.25, -0.2) is 19.9 Å².